The quantitative estimate of drug-likeness (QED) is 0.645. The number of sulfone groups is 1. The number of aromatic nitrogens is 3. The van der Waals surface area contributed by atoms with Crippen molar-refractivity contribution in [2.24, 2.45) is 0 Å². The number of aromatic hydroxyl groups is 1. The number of imidazole rings is 1. The molecular formula is C18H15ClN4O5S. The first-order valence-corrected chi connectivity index (χ1v) is 10.7. The first-order chi connectivity index (χ1) is 13.8. The largest absolute Gasteiger partial charge is 0.493 e. The van der Waals surface area contributed by atoms with E-state index in [1.807, 2.05) is 0 Å². The number of carbonyl (C=O) groups excluding carboxylic acids is 1. The van der Waals surface area contributed by atoms with Gasteiger partial charge in [0.2, 0.25) is 5.88 Å². The molecule has 3 heterocycles. The Morgan fingerprint density at radius 3 is 2.72 bits per heavy atom. The molecule has 2 aromatic heterocycles. The van der Waals surface area contributed by atoms with Crippen molar-refractivity contribution in [1.82, 2.24) is 14.1 Å². The van der Waals surface area contributed by atoms with Gasteiger partial charge in [0.15, 0.2) is 9.84 Å². The molecule has 4 rings (SSSR count). The van der Waals surface area contributed by atoms with Crippen molar-refractivity contribution in [2.75, 3.05) is 11.1 Å². The van der Waals surface area contributed by atoms with E-state index < -0.39 is 33.1 Å². The molecule has 3 aromatic rings. The molecule has 1 aliphatic rings. The van der Waals surface area contributed by atoms with Crippen LogP contribution >= 0.6 is 11.6 Å². The van der Waals surface area contributed by atoms with Crippen LogP contribution in [0.1, 0.15) is 16.2 Å². The number of nitrogens with one attached hydrogen (secondary N) is 1. The summed E-state index contributed by atoms with van der Waals surface area (Å²) >= 11 is 6.29. The van der Waals surface area contributed by atoms with E-state index in [-0.39, 0.29) is 34.4 Å². The molecule has 0 spiro atoms. The Labute approximate surface area is 170 Å². The summed E-state index contributed by atoms with van der Waals surface area (Å²) in [4.78, 5) is 28.8. The Hall–Kier alpha value is -3.11. The number of anilines is 1. The van der Waals surface area contributed by atoms with Gasteiger partial charge in [-0.25, -0.2) is 17.8 Å². The molecule has 29 heavy (non-hydrogen) atoms. The Morgan fingerprint density at radius 2 is 2.03 bits per heavy atom. The Bertz CT molecular complexity index is 1280. The van der Waals surface area contributed by atoms with Gasteiger partial charge in [0.05, 0.1) is 27.9 Å². The van der Waals surface area contributed by atoms with Gasteiger partial charge in [-0.3, -0.25) is 14.3 Å². The fourth-order valence-corrected chi connectivity index (χ4v) is 4.71. The Balaban J connectivity index is 1.69. The second-order valence-electron chi connectivity index (χ2n) is 6.47. The van der Waals surface area contributed by atoms with E-state index in [0.29, 0.717) is 5.69 Å². The van der Waals surface area contributed by atoms with Crippen LogP contribution < -0.4 is 11.0 Å². The maximum Gasteiger partial charge on any atom is 0.336 e. The van der Waals surface area contributed by atoms with Crippen molar-refractivity contribution in [3.8, 4) is 11.6 Å². The average Bonchev–Trinajstić information content (AvgIpc) is 2.92. The molecule has 0 aliphatic carbocycles. The van der Waals surface area contributed by atoms with Crippen LogP contribution in [-0.4, -0.2) is 39.3 Å². The number of pyridine rings is 1. The average molecular weight is 435 g/mol. The number of carbonyl (C=O) groups is 1. The highest BCUT2D eigenvalue weighted by Gasteiger charge is 2.30. The lowest BCUT2D eigenvalue weighted by Crippen LogP contribution is -2.31. The zero-order valence-corrected chi connectivity index (χ0v) is 16.4. The number of fused-ring (bicyclic) bond motifs is 1. The first-order valence-electron chi connectivity index (χ1n) is 8.53. The molecule has 0 atom stereocenters. The van der Waals surface area contributed by atoms with Gasteiger partial charge in [-0.1, -0.05) is 17.7 Å². The van der Waals surface area contributed by atoms with Crippen LogP contribution in [0.2, 0.25) is 5.02 Å². The van der Waals surface area contributed by atoms with Gasteiger partial charge >= 0.3 is 5.69 Å². The van der Waals surface area contributed by atoms with Crippen LogP contribution in [0.4, 0.5) is 5.69 Å². The van der Waals surface area contributed by atoms with Crippen LogP contribution in [0.25, 0.3) is 5.69 Å². The van der Waals surface area contributed by atoms with Crippen LogP contribution in [0, 0.1) is 0 Å². The molecule has 0 saturated carbocycles. The van der Waals surface area contributed by atoms with Gasteiger partial charge < -0.3 is 10.4 Å². The SMILES string of the molecule is O=C(Nc1ccc(-n2c(O)c3n(c2=O)CCS(=O)(=O)C3)c(Cl)c1)c1ccccn1. The minimum Gasteiger partial charge on any atom is -0.493 e. The minimum atomic E-state index is -3.38. The molecule has 0 saturated heterocycles. The topological polar surface area (TPSA) is 123 Å². The van der Waals surface area contributed by atoms with Gasteiger partial charge in [0.1, 0.15) is 5.69 Å². The zero-order valence-electron chi connectivity index (χ0n) is 14.9. The molecule has 0 radical (unpaired) electrons. The second-order valence-corrected chi connectivity index (χ2v) is 9.06. The number of halogens is 1. The lowest BCUT2D eigenvalue weighted by molar-refractivity contribution is 0.102. The molecule has 11 heteroatoms. The molecule has 1 amide bonds. The number of hydrogen-bond acceptors (Lipinski definition) is 6. The molecular weight excluding hydrogens is 420 g/mol. The van der Waals surface area contributed by atoms with Crippen molar-refractivity contribution >= 4 is 33.0 Å². The molecule has 150 valence electrons. The van der Waals surface area contributed by atoms with Gasteiger partial charge in [-0.15, -0.1) is 0 Å². The molecule has 0 bridgehead atoms. The summed E-state index contributed by atoms with van der Waals surface area (Å²) in [7, 11) is -3.38. The maximum atomic E-state index is 12.7. The van der Waals surface area contributed by atoms with E-state index in [1.54, 1.807) is 18.2 Å². The van der Waals surface area contributed by atoms with E-state index in [4.69, 9.17) is 11.6 Å². The summed E-state index contributed by atoms with van der Waals surface area (Å²) < 4.78 is 25.9. The summed E-state index contributed by atoms with van der Waals surface area (Å²) in [6.45, 7) is -0.0348. The Morgan fingerprint density at radius 1 is 1.24 bits per heavy atom. The normalized spacial score (nSPS) is 14.9. The summed E-state index contributed by atoms with van der Waals surface area (Å²) in [5.41, 5.74) is 0.213. The molecule has 0 unspecified atom stereocenters. The third kappa shape index (κ3) is 3.52. The Kier molecular flexibility index (Phi) is 4.67. The van der Waals surface area contributed by atoms with Gasteiger partial charge in [0, 0.05) is 18.4 Å². The lowest BCUT2D eigenvalue weighted by Gasteiger charge is -2.13. The first kappa shape index (κ1) is 19.2. The zero-order chi connectivity index (χ0) is 20.8. The van der Waals surface area contributed by atoms with Crippen molar-refractivity contribution in [2.45, 2.75) is 12.3 Å². The third-order valence-electron chi connectivity index (χ3n) is 4.54. The van der Waals surface area contributed by atoms with Gasteiger partial charge in [0.25, 0.3) is 5.91 Å². The van der Waals surface area contributed by atoms with E-state index >= 15 is 0 Å². The summed E-state index contributed by atoms with van der Waals surface area (Å²) in [6, 6.07) is 9.33. The van der Waals surface area contributed by atoms with Crippen molar-refractivity contribution in [3.05, 3.63) is 69.5 Å². The summed E-state index contributed by atoms with van der Waals surface area (Å²) in [5.74, 6) is -1.49. The molecule has 2 N–H and O–H groups in total. The van der Waals surface area contributed by atoms with E-state index in [1.165, 1.54) is 29.0 Å². The van der Waals surface area contributed by atoms with Gasteiger partial charge in [-0.2, -0.15) is 0 Å². The molecule has 1 aliphatic heterocycles. The predicted molar refractivity (Wildman–Crippen MR) is 106 cm³/mol. The second kappa shape index (κ2) is 7.05. The standard InChI is InChI=1S/C18H15ClN4O5S/c19-12-9-11(21-16(24)13-3-1-2-6-20-13)4-5-14(12)23-17(25)15-10-29(27,28)8-7-22(15)18(23)26/h1-6,9,25H,7-8,10H2,(H,21,24). The van der Waals surface area contributed by atoms with E-state index in [9.17, 15) is 23.1 Å². The molecule has 0 fully saturated rings. The highest BCUT2D eigenvalue weighted by Crippen LogP contribution is 2.30. The monoisotopic (exact) mass is 434 g/mol. The van der Waals surface area contributed by atoms with Crippen LogP contribution in [0.15, 0.2) is 47.4 Å². The predicted octanol–water partition coefficient (Wildman–Crippen LogP) is 1.57. The molecule has 1 aromatic carbocycles. The van der Waals surface area contributed by atoms with Crippen molar-refractivity contribution in [3.63, 3.8) is 0 Å². The maximum absolute atomic E-state index is 12.7. The summed E-state index contributed by atoms with van der Waals surface area (Å²) in [5, 5.41) is 13.2. The summed E-state index contributed by atoms with van der Waals surface area (Å²) in [6.07, 6.45) is 1.50. The molecule has 9 nitrogen and oxygen atoms in total. The van der Waals surface area contributed by atoms with Crippen LogP contribution in [0.5, 0.6) is 5.88 Å². The number of hydrogen-bond donors (Lipinski definition) is 2. The lowest BCUT2D eigenvalue weighted by atomic mass is 10.2. The van der Waals surface area contributed by atoms with Crippen molar-refractivity contribution in [1.29, 1.82) is 0 Å². The minimum absolute atomic E-state index is 0.0323. The fourth-order valence-electron chi connectivity index (χ4n) is 3.14. The van der Waals surface area contributed by atoms with Crippen LogP contribution in [0.3, 0.4) is 0 Å². The highest BCUT2D eigenvalue weighted by molar-refractivity contribution is 7.90. The fraction of sp³-hybridized carbons (Fsp3) is 0.167. The van der Waals surface area contributed by atoms with E-state index in [0.717, 1.165) is 4.57 Å². The van der Waals surface area contributed by atoms with Crippen LogP contribution in [-0.2, 0) is 22.1 Å². The third-order valence-corrected chi connectivity index (χ3v) is 6.37. The van der Waals surface area contributed by atoms with E-state index in [2.05, 4.69) is 10.3 Å². The van der Waals surface area contributed by atoms with Gasteiger partial charge in [-0.05, 0) is 30.3 Å². The number of rotatable bonds is 3. The smallest absolute Gasteiger partial charge is 0.336 e. The number of nitrogens with zero attached hydrogens (tertiary/aromatic N) is 3. The number of amides is 1. The number of benzene rings is 1. The van der Waals surface area contributed by atoms with Crippen molar-refractivity contribution < 1.29 is 18.3 Å². The highest BCUT2D eigenvalue weighted by atomic mass is 35.5.